The van der Waals surface area contributed by atoms with Crippen molar-refractivity contribution in [3.63, 3.8) is 0 Å². The van der Waals surface area contributed by atoms with Gasteiger partial charge in [0.25, 0.3) is 5.78 Å². The second kappa shape index (κ2) is 6.47. The molecule has 5 heteroatoms. The Bertz CT molecular complexity index is 910. The van der Waals surface area contributed by atoms with Gasteiger partial charge in [-0.1, -0.05) is 24.3 Å². The number of fused-ring (bicyclic) bond motifs is 1. The predicted molar refractivity (Wildman–Crippen MR) is 101 cm³/mol. The molecule has 5 rings (SSSR count). The topological polar surface area (TPSA) is 46.3 Å². The summed E-state index contributed by atoms with van der Waals surface area (Å²) in [5, 5.41) is 4.40. The summed E-state index contributed by atoms with van der Waals surface area (Å²) in [4.78, 5) is 11.3. The van der Waals surface area contributed by atoms with E-state index in [1.165, 1.54) is 49.0 Å². The maximum atomic E-state index is 4.48. The van der Waals surface area contributed by atoms with Gasteiger partial charge >= 0.3 is 0 Å². The van der Waals surface area contributed by atoms with Crippen LogP contribution in [-0.2, 0) is 6.54 Å². The van der Waals surface area contributed by atoms with E-state index >= 15 is 0 Å². The van der Waals surface area contributed by atoms with E-state index in [4.69, 9.17) is 0 Å². The van der Waals surface area contributed by atoms with E-state index in [2.05, 4.69) is 50.3 Å². The van der Waals surface area contributed by atoms with Gasteiger partial charge in [-0.15, -0.1) is 0 Å². The number of hydrogen-bond donors (Lipinski definition) is 0. The Morgan fingerprint density at radius 1 is 1.08 bits per heavy atom. The van der Waals surface area contributed by atoms with Gasteiger partial charge in [0.05, 0.1) is 5.69 Å². The normalized spacial score (nSPS) is 21.3. The van der Waals surface area contributed by atoms with E-state index in [1.54, 1.807) is 6.33 Å². The molecule has 1 aliphatic heterocycles. The zero-order valence-corrected chi connectivity index (χ0v) is 15.3. The second-order valence-electron chi connectivity index (χ2n) is 7.88. The van der Waals surface area contributed by atoms with Crippen LogP contribution in [0.15, 0.2) is 36.7 Å². The summed E-state index contributed by atoms with van der Waals surface area (Å²) in [7, 11) is 0. The van der Waals surface area contributed by atoms with Crippen LogP contribution in [0.5, 0.6) is 0 Å². The Balaban J connectivity index is 1.33. The molecule has 1 saturated heterocycles. The minimum Gasteiger partial charge on any atom is -0.298 e. The molecule has 0 radical (unpaired) electrons. The van der Waals surface area contributed by atoms with Crippen LogP contribution in [0.25, 0.3) is 5.78 Å². The van der Waals surface area contributed by atoms with Crippen LogP contribution in [0.2, 0.25) is 0 Å². The predicted octanol–water partition coefficient (Wildman–Crippen LogP) is 3.69. The van der Waals surface area contributed by atoms with Gasteiger partial charge in [0.1, 0.15) is 6.33 Å². The molecule has 5 nitrogen and oxygen atoms in total. The maximum absolute atomic E-state index is 4.48. The third kappa shape index (κ3) is 3.12. The van der Waals surface area contributed by atoms with Crippen LogP contribution in [0.4, 0.5) is 0 Å². The van der Waals surface area contributed by atoms with Gasteiger partial charge in [-0.2, -0.15) is 10.1 Å². The van der Waals surface area contributed by atoms with Crippen molar-refractivity contribution in [2.45, 2.75) is 51.0 Å². The van der Waals surface area contributed by atoms with E-state index in [0.29, 0.717) is 11.7 Å². The van der Waals surface area contributed by atoms with E-state index in [0.717, 1.165) is 24.7 Å². The number of hydrogen-bond acceptors (Lipinski definition) is 4. The third-order valence-electron chi connectivity index (χ3n) is 5.77. The van der Waals surface area contributed by atoms with E-state index in [-0.39, 0.29) is 0 Å². The molecule has 2 fully saturated rings. The molecular formula is C21H25N5. The van der Waals surface area contributed by atoms with Gasteiger partial charge in [0.15, 0.2) is 0 Å². The van der Waals surface area contributed by atoms with E-state index in [9.17, 15) is 0 Å². The first-order valence-electron chi connectivity index (χ1n) is 9.75. The SMILES string of the molecule is Cc1cc(C2CCCN(Cc3ccc(C4CC4)cc3)C2)n2ncnc2n1. The monoisotopic (exact) mass is 347 g/mol. The first-order chi connectivity index (χ1) is 12.8. The average molecular weight is 347 g/mol. The molecule has 0 amide bonds. The van der Waals surface area contributed by atoms with Crippen molar-refractivity contribution in [1.82, 2.24) is 24.5 Å². The molecule has 1 atom stereocenters. The Morgan fingerprint density at radius 2 is 1.92 bits per heavy atom. The number of piperidine rings is 1. The lowest BCUT2D eigenvalue weighted by Gasteiger charge is -2.33. The Hall–Kier alpha value is -2.27. The van der Waals surface area contributed by atoms with E-state index in [1.807, 2.05) is 11.4 Å². The summed E-state index contributed by atoms with van der Waals surface area (Å²) >= 11 is 0. The number of benzene rings is 1. The summed E-state index contributed by atoms with van der Waals surface area (Å²) in [6, 6.07) is 11.5. The molecule has 3 aromatic rings. The molecule has 1 aliphatic carbocycles. The molecule has 0 bridgehead atoms. The van der Waals surface area contributed by atoms with Gasteiger partial charge in [-0.3, -0.25) is 4.90 Å². The van der Waals surface area contributed by atoms with Crippen LogP contribution in [0, 0.1) is 6.92 Å². The lowest BCUT2D eigenvalue weighted by molar-refractivity contribution is 0.197. The molecule has 134 valence electrons. The average Bonchev–Trinajstić information content (AvgIpc) is 3.40. The highest BCUT2D eigenvalue weighted by molar-refractivity contribution is 5.32. The van der Waals surface area contributed by atoms with Crippen molar-refractivity contribution in [3.05, 3.63) is 59.2 Å². The Morgan fingerprint density at radius 3 is 2.73 bits per heavy atom. The lowest BCUT2D eigenvalue weighted by Crippen LogP contribution is -2.34. The van der Waals surface area contributed by atoms with Crippen molar-refractivity contribution in [2.24, 2.45) is 0 Å². The number of rotatable bonds is 4. The fourth-order valence-corrected chi connectivity index (χ4v) is 4.26. The van der Waals surface area contributed by atoms with Crippen LogP contribution < -0.4 is 0 Å². The summed E-state index contributed by atoms with van der Waals surface area (Å²) in [5.74, 6) is 2.04. The fourth-order valence-electron chi connectivity index (χ4n) is 4.26. The molecule has 0 N–H and O–H groups in total. The summed E-state index contributed by atoms with van der Waals surface area (Å²) in [5.41, 5.74) is 5.21. The molecule has 3 heterocycles. The molecule has 1 aromatic carbocycles. The second-order valence-corrected chi connectivity index (χ2v) is 7.88. The Kier molecular flexibility index (Phi) is 3.97. The number of aromatic nitrogens is 4. The number of aryl methyl sites for hydroxylation is 1. The van der Waals surface area contributed by atoms with Gasteiger partial charge in [-0.05, 0) is 62.3 Å². The highest BCUT2D eigenvalue weighted by Crippen LogP contribution is 2.40. The minimum absolute atomic E-state index is 0.486. The highest BCUT2D eigenvalue weighted by atomic mass is 15.3. The van der Waals surface area contributed by atoms with Crippen LogP contribution in [0.1, 0.15) is 60.0 Å². The summed E-state index contributed by atoms with van der Waals surface area (Å²) < 4.78 is 1.92. The largest absolute Gasteiger partial charge is 0.298 e. The lowest BCUT2D eigenvalue weighted by atomic mass is 9.93. The van der Waals surface area contributed by atoms with Crippen LogP contribution in [-0.4, -0.2) is 37.6 Å². The molecule has 2 aromatic heterocycles. The molecule has 0 spiro atoms. The zero-order valence-electron chi connectivity index (χ0n) is 15.3. The van der Waals surface area contributed by atoms with Gasteiger partial charge in [0.2, 0.25) is 0 Å². The first-order valence-corrected chi connectivity index (χ1v) is 9.75. The van der Waals surface area contributed by atoms with Crippen LogP contribution in [0.3, 0.4) is 0 Å². The molecule has 1 saturated carbocycles. The standard InChI is InChI=1S/C21H25N5/c1-15-11-20(26-21(24-15)22-14-23-26)19-3-2-10-25(13-19)12-16-4-6-17(7-5-16)18-8-9-18/h4-7,11,14,18-19H,2-3,8-10,12-13H2,1H3. The first kappa shape index (κ1) is 15.9. The van der Waals surface area contributed by atoms with Crippen LogP contribution >= 0.6 is 0 Å². The Labute approximate surface area is 154 Å². The van der Waals surface area contributed by atoms with Gasteiger partial charge < -0.3 is 0 Å². The van der Waals surface area contributed by atoms with Crippen molar-refractivity contribution in [3.8, 4) is 0 Å². The maximum Gasteiger partial charge on any atom is 0.252 e. The minimum atomic E-state index is 0.486. The highest BCUT2D eigenvalue weighted by Gasteiger charge is 2.25. The van der Waals surface area contributed by atoms with Crippen molar-refractivity contribution in [1.29, 1.82) is 0 Å². The quantitative estimate of drug-likeness (QED) is 0.722. The van der Waals surface area contributed by atoms with Gasteiger partial charge in [-0.25, -0.2) is 9.50 Å². The fraction of sp³-hybridized carbons (Fsp3) is 0.476. The van der Waals surface area contributed by atoms with Crippen molar-refractivity contribution in [2.75, 3.05) is 13.1 Å². The zero-order chi connectivity index (χ0) is 17.5. The molecular weight excluding hydrogens is 322 g/mol. The number of likely N-dealkylation sites (tertiary alicyclic amines) is 1. The molecule has 26 heavy (non-hydrogen) atoms. The molecule has 2 aliphatic rings. The van der Waals surface area contributed by atoms with E-state index < -0.39 is 0 Å². The third-order valence-corrected chi connectivity index (χ3v) is 5.77. The van der Waals surface area contributed by atoms with Gasteiger partial charge in [0, 0.05) is 24.7 Å². The molecule has 1 unspecified atom stereocenters. The van der Waals surface area contributed by atoms with Crippen molar-refractivity contribution < 1.29 is 0 Å². The number of nitrogens with zero attached hydrogens (tertiary/aromatic N) is 5. The summed E-state index contributed by atoms with van der Waals surface area (Å²) in [6.45, 7) is 5.32. The van der Waals surface area contributed by atoms with Crippen molar-refractivity contribution >= 4 is 5.78 Å². The smallest absolute Gasteiger partial charge is 0.252 e. The summed E-state index contributed by atoms with van der Waals surface area (Å²) in [6.07, 6.45) is 6.77.